The first-order valence-electron chi connectivity index (χ1n) is 8.57. The summed E-state index contributed by atoms with van der Waals surface area (Å²) in [7, 11) is 0. The van der Waals surface area contributed by atoms with E-state index in [9.17, 15) is 9.90 Å². The van der Waals surface area contributed by atoms with Crippen molar-refractivity contribution in [1.82, 2.24) is 5.32 Å². The highest BCUT2D eigenvalue weighted by Crippen LogP contribution is 2.36. The normalized spacial score (nSPS) is 15.5. The van der Waals surface area contributed by atoms with Gasteiger partial charge in [-0.15, -0.1) is 0 Å². The van der Waals surface area contributed by atoms with Gasteiger partial charge in [0.25, 0.3) is 0 Å². The maximum absolute atomic E-state index is 11.7. The van der Waals surface area contributed by atoms with Crippen LogP contribution in [0.1, 0.15) is 52.7 Å². The van der Waals surface area contributed by atoms with Gasteiger partial charge < -0.3 is 15.2 Å². The molecule has 4 heteroatoms. The smallest absolute Gasteiger partial charge is 0.407 e. The van der Waals surface area contributed by atoms with Gasteiger partial charge >= 0.3 is 6.09 Å². The topological polar surface area (TPSA) is 58.6 Å². The van der Waals surface area contributed by atoms with Crippen LogP contribution in [0.3, 0.4) is 0 Å². The lowest BCUT2D eigenvalue weighted by Gasteiger charge is -2.35. The largest absolute Gasteiger partial charge is 0.444 e. The van der Waals surface area contributed by atoms with Gasteiger partial charge in [-0.1, -0.05) is 48.6 Å². The molecule has 0 radical (unpaired) electrons. The number of ether oxygens (including phenoxy) is 1. The van der Waals surface area contributed by atoms with Crippen molar-refractivity contribution in [3.8, 4) is 0 Å². The van der Waals surface area contributed by atoms with Gasteiger partial charge in [-0.25, -0.2) is 4.79 Å². The van der Waals surface area contributed by atoms with Crippen molar-refractivity contribution in [3.05, 3.63) is 59.7 Å². The number of alkyl carbamates (subject to hydrolysis) is 1. The van der Waals surface area contributed by atoms with Gasteiger partial charge in [-0.2, -0.15) is 0 Å². The Morgan fingerprint density at radius 1 is 1.32 bits per heavy atom. The van der Waals surface area contributed by atoms with Gasteiger partial charge in [-0.3, -0.25) is 0 Å². The summed E-state index contributed by atoms with van der Waals surface area (Å²) in [6.45, 7) is 15.6. The van der Waals surface area contributed by atoms with Crippen LogP contribution in [0.4, 0.5) is 4.79 Å². The van der Waals surface area contributed by atoms with Crippen molar-refractivity contribution in [2.75, 3.05) is 0 Å². The molecule has 0 saturated heterocycles. The van der Waals surface area contributed by atoms with Crippen LogP contribution < -0.4 is 5.32 Å². The molecule has 2 unspecified atom stereocenters. The van der Waals surface area contributed by atoms with Gasteiger partial charge in [0.2, 0.25) is 0 Å². The second-order valence-electron chi connectivity index (χ2n) is 7.38. The number of carbonyl (C=O) groups is 1. The van der Waals surface area contributed by atoms with Crippen LogP contribution in [0.5, 0.6) is 0 Å². The van der Waals surface area contributed by atoms with E-state index in [1.54, 1.807) is 6.92 Å². The van der Waals surface area contributed by atoms with Crippen molar-refractivity contribution in [3.63, 3.8) is 0 Å². The van der Waals surface area contributed by atoms with E-state index in [0.29, 0.717) is 6.54 Å². The summed E-state index contributed by atoms with van der Waals surface area (Å²) in [4.78, 5) is 11.7. The Labute approximate surface area is 151 Å². The number of aliphatic hydroxyl groups excluding tert-OH is 1. The molecule has 0 aliphatic rings. The van der Waals surface area contributed by atoms with Gasteiger partial charge in [0, 0.05) is 6.54 Å². The minimum Gasteiger partial charge on any atom is -0.444 e. The first-order valence-corrected chi connectivity index (χ1v) is 8.57. The molecule has 0 spiro atoms. The molecular formula is C21H31NO3. The monoisotopic (exact) mass is 345 g/mol. The maximum Gasteiger partial charge on any atom is 0.407 e. The van der Waals surface area contributed by atoms with Crippen molar-refractivity contribution in [2.24, 2.45) is 0 Å². The molecule has 1 rings (SSSR count). The number of hydrogen-bond acceptors (Lipinski definition) is 3. The van der Waals surface area contributed by atoms with E-state index >= 15 is 0 Å². The molecule has 0 aromatic heterocycles. The van der Waals surface area contributed by atoms with Crippen LogP contribution >= 0.6 is 0 Å². The number of rotatable bonds is 6. The molecule has 25 heavy (non-hydrogen) atoms. The SMILES string of the molecule is C=C(C)C(/C=C/C)(c1ccc(CNC(=O)OC(C)(C)C)cc1)C(C)O. The van der Waals surface area contributed by atoms with Crippen molar-refractivity contribution >= 4 is 6.09 Å². The molecule has 0 saturated carbocycles. The van der Waals surface area contributed by atoms with E-state index in [1.165, 1.54) is 0 Å². The lowest BCUT2D eigenvalue weighted by atomic mass is 9.71. The molecule has 0 aliphatic heterocycles. The molecule has 2 N–H and O–H groups in total. The predicted octanol–water partition coefficient (Wildman–Crippen LogP) is 4.48. The molecule has 1 aromatic carbocycles. The minimum absolute atomic E-state index is 0.383. The van der Waals surface area contributed by atoms with Crippen molar-refractivity contribution in [2.45, 2.75) is 65.2 Å². The fraction of sp³-hybridized carbons (Fsp3) is 0.476. The summed E-state index contributed by atoms with van der Waals surface area (Å²) in [5.41, 5.74) is 1.66. The highest BCUT2D eigenvalue weighted by molar-refractivity contribution is 5.67. The molecule has 0 bridgehead atoms. The number of hydrogen-bond donors (Lipinski definition) is 2. The highest BCUT2D eigenvalue weighted by atomic mass is 16.6. The molecule has 2 atom stereocenters. The Kier molecular flexibility index (Phi) is 7.00. The highest BCUT2D eigenvalue weighted by Gasteiger charge is 2.35. The first kappa shape index (κ1) is 21.0. The maximum atomic E-state index is 11.7. The average molecular weight is 345 g/mol. The number of benzene rings is 1. The van der Waals surface area contributed by atoms with Crippen molar-refractivity contribution in [1.29, 1.82) is 0 Å². The molecule has 0 heterocycles. The van der Waals surface area contributed by atoms with Crippen LogP contribution in [0, 0.1) is 0 Å². The molecule has 0 aliphatic carbocycles. The molecule has 4 nitrogen and oxygen atoms in total. The molecular weight excluding hydrogens is 314 g/mol. The van der Waals surface area contributed by atoms with E-state index < -0.39 is 23.2 Å². The summed E-state index contributed by atoms with van der Waals surface area (Å²) >= 11 is 0. The predicted molar refractivity (Wildman–Crippen MR) is 103 cm³/mol. The summed E-state index contributed by atoms with van der Waals surface area (Å²) in [5, 5.41) is 13.1. The Hall–Kier alpha value is -2.07. The van der Waals surface area contributed by atoms with E-state index in [-0.39, 0.29) is 0 Å². The van der Waals surface area contributed by atoms with Crippen LogP contribution in [-0.2, 0) is 16.7 Å². The Balaban J connectivity index is 2.94. The third kappa shape index (κ3) is 5.46. The molecule has 1 aromatic rings. The number of allylic oxidation sites excluding steroid dienone is 1. The van der Waals surface area contributed by atoms with E-state index in [0.717, 1.165) is 16.7 Å². The second kappa shape index (κ2) is 8.34. The zero-order valence-electron chi connectivity index (χ0n) is 16.2. The average Bonchev–Trinajstić information content (AvgIpc) is 2.49. The number of amides is 1. The minimum atomic E-state index is -0.619. The quantitative estimate of drug-likeness (QED) is 0.747. The standard InChI is InChI=1S/C21H31NO3/c1-8-13-21(15(2)3,16(4)23)18-11-9-17(10-12-18)14-22-19(24)25-20(5,6)7/h8-13,16,23H,2,14H2,1,3-7H3,(H,22,24)/b13-8+. The fourth-order valence-corrected chi connectivity index (χ4v) is 2.87. The fourth-order valence-electron chi connectivity index (χ4n) is 2.87. The first-order chi connectivity index (χ1) is 11.5. The summed E-state index contributed by atoms with van der Waals surface area (Å²) in [6, 6.07) is 7.81. The van der Waals surface area contributed by atoms with E-state index in [2.05, 4.69) is 11.9 Å². The Bertz CT molecular complexity index is 624. The zero-order valence-corrected chi connectivity index (χ0v) is 16.2. The summed E-state index contributed by atoms with van der Waals surface area (Å²) in [5.74, 6) is 0. The summed E-state index contributed by atoms with van der Waals surface area (Å²) < 4.78 is 5.23. The third-order valence-corrected chi connectivity index (χ3v) is 4.06. The number of aliphatic hydroxyl groups is 1. The summed E-state index contributed by atoms with van der Waals surface area (Å²) in [6.07, 6.45) is 2.87. The van der Waals surface area contributed by atoms with E-state index in [1.807, 2.05) is 71.0 Å². The Morgan fingerprint density at radius 3 is 2.28 bits per heavy atom. The van der Waals surface area contributed by atoms with Crippen LogP contribution in [0.25, 0.3) is 0 Å². The molecule has 1 amide bonds. The van der Waals surface area contributed by atoms with Crippen LogP contribution in [0.15, 0.2) is 48.6 Å². The lowest BCUT2D eigenvalue weighted by molar-refractivity contribution is 0.0523. The van der Waals surface area contributed by atoms with Crippen molar-refractivity contribution < 1.29 is 14.6 Å². The second-order valence-corrected chi connectivity index (χ2v) is 7.38. The van der Waals surface area contributed by atoms with Gasteiger partial charge in [0.05, 0.1) is 11.5 Å². The molecule has 0 fully saturated rings. The zero-order chi connectivity index (χ0) is 19.3. The van der Waals surface area contributed by atoms with Gasteiger partial charge in [-0.05, 0) is 52.7 Å². The van der Waals surface area contributed by atoms with E-state index in [4.69, 9.17) is 4.74 Å². The number of carbonyl (C=O) groups excluding carboxylic acids is 1. The molecule has 138 valence electrons. The van der Waals surface area contributed by atoms with Gasteiger partial charge in [0.15, 0.2) is 0 Å². The van der Waals surface area contributed by atoms with Gasteiger partial charge in [0.1, 0.15) is 5.60 Å². The third-order valence-electron chi connectivity index (χ3n) is 4.06. The number of nitrogens with one attached hydrogen (secondary N) is 1. The lowest BCUT2D eigenvalue weighted by Crippen LogP contribution is -2.37. The van der Waals surface area contributed by atoms with Crippen LogP contribution in [-0.4, -0.2) is 22.9 Å². The van der Waals surface area contributed by atoms with Crippen LogP contribution in [0.2, 0.25) is 0 Å². The Morgan fingerprint density at radius 2 is 1.88 bits per heavy atom.